The van der Waals surface area contributed by atoms with Gasteiger partial charge in [0, 0.05) is 32.7 Å². The zero-order chi connectivity index (χ0) is 11.3. The van der Waals surface area contributed by atoms with Gasteiger partial charge in [-0.3, -0.25) is 0 Å². The average Bonchev–Trinajstić information content (AvgIpc) is 2.50. The van der Waals surface area contributed by atoms with E-state index >= 15 is 0 Å². The van der Waals surface area contributed by atoms with Crippen molar-refractivity contribution in [2.24, 2.45) is 47.3 Å². The Morgan fingerprint density at radius 1 is 0.647 bits per heavy atom. The van der Waals surface area contributed by atoms with E-state index in [1.807, 2.05) is 0 Å². The second-order valence-corrected chi connectivity index (χ2v) is 6.50. The van der Waals surface area contributed by atoms with Crippen LogP contribution in [0.4, 0.5) is 0 Å². The standard InChI is InChI=1S/C15H27.CH3.Y/c1-8-7-14-12(5)10(3)11(4)13(6)15(14)9(8)2;;/h7-15H,1-6H3;1H3;/q2*-1;. The van der Waals surface area contributed by atoms with Gasteiger partial charge < -0.3 is 13.8 Å². The summed E-state index contributed by atoms with van der Waals surface area (Å²) < 4.78 is 0. The molecule has 0 bridgehead atoms. The van der Waals surface area contributed by atoms with Crippen molar-refractivity contribution in [1.82, 2.24) is 0 Å². The molecule has 0 aromatic heterocycles. The molecule has 0 amide bonds. The van der Waals surface area contributed by atoms with E-state index in [9.17, 15) is 0 Å². The Bertz CT molecular complexity index is 238. The maximum Gasteiger partial charge on any atom is 0 e. The van der Waals surface area contributed by atoms with Crippen molar-refractivity contribution in [1.29, 1.82) is 0 Å². The smallest absolute Gasteiger partial charge is 0 e. The van der Waals surface area contributed by atoms with Crippen LogP contribution >= 0.6 is 0 Å². The molecule has 0 aliphatic heterocycles. The molecule has 0 nitrogen and oxygen atoms in total. The Labute approximate surface area is 135 Å². The summed E-state index contributed by atoms with van der Waals surface area (Å²) in [5.74, 6) is 7.21. The van der Waals surface area contributed by atoms with Crippen LogP contribution in [-0.4, -0.2) is 0 Å². The van der Waals surface area contributed by atoms with Crippen LogP contribution in [0.25, 0.3) is 0 Å². The zero-order valence-corrected chi connectivity index (χ0v) is 15.6. The fourth-order valence-corrected chi connectivity index (χ4v) is 4.37. The third-order valence-electron chi connectivity index (χ3n) is 6.11. The average molecular weight is 311 g/mol. The zero-order valence-electron chi connectivity index (χ0n) is 12.8. The first-order chi connectivity index (χ1) is 6.95. The predicted molar refractivity (Wildman–Crippen MR) is 72.7 cm³/mol. The molecule has 0 aromatic rings. The van der Waals surface area contributed by atoms with Crippen molar-refractivity contribution in [2.45, 2.75) is 41.5 Å². The van der Waals surface area contributed by atoms with E-state index in [-0.39, 0.29) is 40.1 Å². The monoisotopic (exact) mass is 311 g/mol. The van der Waals surface area contributed by atoms with Crippen molar-refractivity contribution in [3.05, 3.63) is 13.8 Å². The van der Waals surface area contributed by atoms with Gasteiger partial charge >= 0.3 is 0 Å². The molecule has 8 unspecified atom stereocenters. The minimum atomic E-state index is 0. The van der Waals surface area contributed by atoms with Gasteiger partial charge in [-0.1, -0.05) is 59.3 Å². The molecule has 2 saturated carbocycles. The maximum absolute atomic E-state index is 2.67. The van der Waals surface area contributed by atoms with Gasteiger partial charge in [-0.2, -0.15) is 11.8 Å². The summed E-state index contributed by atoms with van der Waals surface area (Å²) in [6.45, 7) is 14.8. The van der Waals surface area contributed by atoms with E-state index in [1.54, 1.807) is 0 Å². The Morgan fingerprint density at radius 2 is 1.12 bits per heavy atom. The summed E-state index contributed by atoms with van der Waals surface area (Å²) in [4.78, 5) is 0. The van der Waals surface area contributed by atoms with Crippen molar-refractivity contribution in [3.63, 3.8) is 0 Å². The summed E-state index contributed by atoms with van der Waals surface area (Å²) in [5, 5.41) is 0. The summed E-state index contributed by atoms with van der Waals surface area (Å²) >= 11 is 0. The molecule has 99 valence electrons. The van der Waals surface area contributed by atoms with Crippen LogP contribution in [-0.2, 0) is 32.7 Å². The SMILES string of the molecule is CC1[CH-]C2C(C)C(C)C(C)C(C)C2C1C.[CH3-].[Y]. The van der Waals surface area contributed by atoms with Crippen LogP contribution < -0.4 is 0 Å². The van der Waals surface area contributed by atoms with Crippen molar-refractivity contribution in [2.75, 3.05) is 0 Å². The van der Waals surface area contributed by atoms with Gasteiger partial charge in [-0.15, -0.1) is 0 Å². The molecule has 2 aliphatic rings. The van der Waals surface area contributed by atoms with E-state index in [4.69, 9.17) is 0 Å². The van der Waals surface area contributed by atoms with Gasteiger partial charge in [-0.05, 0) is 17.8 Å². The van der Waals surface area contributed by atoms with Crippen LogP contribution in [0.15, 0.2) is 0 Å². The number of hydrogen-bond acceptors (Lipinski definition) is 0. The second kappa shape index (κ2) is 6.51. The summed E-state index contributed by atoms with van der Waals surface area (Å²) in [7, 11) is 0. The first-order valence-corrected chi connectivity index (χ1v) is 6.80. The van der Waals surface area contributed by atoms with Gasteiger partial charge in [0.25, 0.3) is 0 Å². The molecule has 0 N–H and O–H groups in total. The van der Waals surface area contributed by atoms with Gasteiger partial charge in [0.05, 0.1) is 0 Å². The minimum Gasteiger partial charge on any atom is -0.358 e. The van der Waals surface area contributed by atoms with Crippen LogP contribution in [0.3, 0.4) is 0 Å². The Hall–Kier alpha value is 1.10. The van der Waals surface area contributed by atoms with E-state index in [1.165, 1.54) is 0 Å². The van der Waals surface area contributed by atoms with Crippen LogP contribution in [0.1, 0.15) is 41.5 Å². The quantitative estimate of drug-likeness (QED) is 0.568. The number of fused-ring (bicyclic) bond motifs is 1. The van der Waals surface area contributed by atoms with Gasteiger partial charge in [0.1, 0.15) is 0 Å². The molecule has 0 saturated heterocycles. The molecule has 0 spiro atoms. The number of hydrogen-bond donors (Lipinski definition) is 0. The third kappa shape index (κ3) is 2.83. The number of rotatable bonds is 0. The van der Waals surface area contributed by atoms with Crippen LogP contribution in [0.2, 0.25) is 0 Å². The Balaban J connectivity index is 0.00000128. The van der Waals surface area contributed by atoms with Crippen LogP contribution in [0, 0.1) is 61.2 Å². The fourth-order valence-electron chi connectivity index (χ4n) is 4.37. The Morgan fingerprint density at radius 3 is 1.65 bits per heavy atom. The first-order valence-electron chi connectivity index (χ1n) is 6.80. The van der Waals surface area contributed by atoms with E-state index in [2.05, 4.69) is 48.0 Å². The maximum atomic E-state index is 2.67. The molecule has 2 rings (SSSR count). The molecule has 1 radical (unpaired) electrons. The summed E-state index contributed by atoms with van der Waals surface area (Å²) in [6, 6.07) is 0. The van der Waals surface area contributed by atoms with E-state index in [0.29, 0.717) is 0 Å². The van der Waals surface area contributed by atoms with E-state index < -0.39 is 0 Å². The Kier molecular flexibility index (Phi) is 6.93. The molecule has 1 heteroatoms. The fraction of sp³-hybridized carbons (Fsp3) is 0.875. The molecule has 17 heavy (non-hydrogen) atoms. The summed E-state index contributed by atoms with van der Waals surface area (Å²) in [5.41, 5.74) is 0. The molecule has 2 fully saturated rings. The molecule has 8 atom stereocenters. The topological polar surface area (TPSA) is 0 Å². The van der Waals surface area contributed by atoms with Crippen LogP contribution in [0.5, 0.6) is 0 Å². The van der Waals surface area contributed by atoms with Crippen molar-refractivity contribution in [3.8, 4) is 0 Å². The second-order valence-electron chi connectivity index (χ2n) is 6.50. The normalized spacial score (nSPS) is 53.3. The predicted octanol–water partition coefficient (Wildman–Crippen LogP) is 4.71. The molecular weight excluding hydrogens is 281 g/mol. The van der Waals surface area contributed by atoms with E-state index in [0.717, 1.165) is 47.3 Å². The molecule has 0 aromatic carbocycles. The van der Waals surface area contributed by atoms with Gasteiger partial charge in [-0.25, -0.2) is 0 Å². The van der Waals surface area contributed by atoms with Gasteiger partial charge in [0.2, 0.25) is 0 Å². The molecular formula is C16H30Y-2. The summed E-state index contributed by atoms with van der Waals surface area (Å²) in [6.07, 6.45) is 2.67. The third-order valence-corrected chi connectivity index (χ3v) is 6.11. The van der Waals surface area contributed by atoms with Crippen molar-refractivity contribution < 1.29 is 32.7 Å². The molecule has 2 aliphatic carbocycles. The van der Waals surface area contributed by atoms with Crippen molar-refractivity contribution >= 4 is 0 Å². The minimum absolute atomic E-state index is 0. The van der Waals surface area contributed by atoms with Gasteiger partial charge in [0.15, 0.2) is 0 Å². The molecule has 0 heterocycles. The largest absolute Gasteiger partial charge is 0.358 e. The first kappa shape index (κ1) is 18.1.